The fourth-order valence-electron chi connectivity index (χ4n) is 1.59. The molecule has 0 aliphatic heterocycles. The Kier molecular flexibility index (Phi) is 6.01. The van der Waals surface area contributed by atoms with Gasteiger partial charge in [0, 0.05) is 13.1 Å². The molecule has 0 rings (SSSR count). The van der Waals surface area contributed by atoms with E-state index in [0.717, 1.165) is 13.1 Å². The summed E-state index contributed by atoms with van der Waals surface area (Å²) in [5.41, 5.74) is 0. The van der Waals surface area contributed by atoms with Crippen molar-refractivity contribution in [3.8, 4) is 0 Å². The molecule has 0 saturated carbocycles. The van der Waals surface area contributed by atoms with Gasteiger partial charge in [0.1, 0.15) is 5.78 Å². The van der Waals surface area contributed by atoms with Crippen molar-refractivity contribution in [1.82, 2.24) is 4.90 Å². The van der Waals surface area contributed by atoms with E-state index in [0.29, 0.717) is 11.8 Å². The van der Waals surface area contributed by atoms with Crippen molar-refractivity contribution in [2.24, 2.45) is 11.8 Å². The zero-order chi connectivity index (χ0) is 11.3. The molecule has 0 bridgehead atoms. The standard InChI is InChI=1S/C12H25NO/c1-9(2)7-13(8-10(3)4)11(5)12(6)14/h9-11H,7-8H2,1-6H3. The predicted molar refractivity (Wildman–Crippen MR) is 61.4 cm³/mol. The van der Waals surface area contributed by atoms with Gasteiger partial charge in [0.15, 0.2) is 0 Å². The van der Waals surface area contributed by atoms with Crippen molar-refractivity contribution in [3.05, 3.63) is 0 Å². The molecule has 2 nitrogen and oxygen atoms in total. The van der Waals surface area contributed by atoms with Crippen LogP contribution in [0.15, 0.2) is 0 Å². The lowest BCUT2D eigenvalue weighted by Gasteiger charge is -2.30. The number of hydrogen-bond acceptors (Lipinski definition) is 2. The third-order valence-corrected chi connectivity index (χ3v) is 2.34. The minimum absolute atomic E-state index is 0.0693. The summed E-state index contributed by atoms with van der Waals surface area (Å²) in [7, 11) is 0. The summed E-state index contributed by atoms with van der Waals surface area (Å²) < 4.78 is 0. The van der Waals surface area contributed by atoms with Crippen molar-refractivity contribution >= 4 is 5.78 Å². The maximum atomic E-state index is 11.3. The summed E-state index contributed by atoms with van der Waals surface area (Å²) in [6, 6.07) is 0.0693. The minimum Gasteiger partial charge on any atom is -0.298 e. The molecule has 0 spiro atoms. The lowest BCUT2D eigenvalue weighted by atomic mass is 10.1. The van der Waals surface area contributed by atoms with E-state index >= 15 is 0 Å². The Labute approximate surface area is 88.7 Å². The molecule has 0 fully saturated rings. The number of nitrogens with zero attached hydrogens (tertiary/aromatic N) is 1. The number of ketones is 1. The zero-order valence-corrected chi connectivity index (χ0v) is 10.5. The van der Waals surface area contributed by atoms with Crippen molar-refractivity contribution in [3.63, 3.8) is 0 Å². The van der Waals surface area contributed by atoms with Gasteiger partial charge < -0.3 is 0 Å². The summed E-state index contributed by atoms with van der Waals surface area (Å²) in [4.78, 5) is 13.6. The van der Waals surface area contributed by atoms with Crippen LogP contribution in [0, 0.1) is 11.8 Å². The van der Waals surface area contributed by atoms with Crippen LogP contribution in [-0.4, -0.2) is 29.8 Å². The number of hydrogen-bond donors (Lipinski definition) is 0. The Balaban J connectivity index is 4.30. The predicted octanol–water partition coefficient (Wildman–Crippen LogP) is 2.58. The summed E-state index contributed by atoms with van der Waals surface area (Å²) >= 11 is 0. The van der Waals surface area contributed by atoms with E-state index in [9.17, 15) is 4.79 Å². The second-order valence-electron chi connectivity index (χ2n) is 5.03. The monoisotopic (exact) mass is 199 g/mol. The SMILES string of the molecule is CC(=O)C(C)N(CC(C)C)CC(C)C. The van der Waals surface area contributed by atoms with Crippen molar-refractivity contribution < 1.29 is 4.79 Å². The molecule has 0 radical (unpaired) electrons. The molecule has 0 N–H and O–H groups in total. The molecule has 0 aromatic carbocycles. The lowest BCUT2D eigenvalue weighted by molar-refractivity contribution is -0.121. The van der Waals surface area contributed by atoms with Gasteiger partial charge in [-0.05, 0) is 25.7 Å². The molecule has 0 saturated heterocycles. The van der Waals surface area contributed by atoms with Gasteiger partial charge in [-0.3, -0.25) is 9.69 Å². The van der Waals surface area contributed by atoms with Crippen LogP contribution in [0.1, 0.15) is 41.5 Å². The first-order valence-corrected chi connectivity index (χ1v) is 5.59. The van der Waals surface area contributed by atoms with Gasteiger partial charge in [-0.1, -0.05) is 27.7 Å². The first-order valence-electron chi connectivity index (χ1n) is 5.59. The van der Waals surface area contributed by atoms with E-state index < -0.39 is 0 Å². The van der Waals surface area contributed by atoms with Crippen molar-refractivity contribution in [2.75, 3.05) is 13.1 Å². The van der Waals surface area contributed by atoms with Crippen molar-refractivity contribution in [1.29, 1.82) is 0 Å². The summed E-state index contributed by atoms with van der Waals surface area (Å²) in [5.74, 6) is 1.51. The molecular weight excluding hydrogens is 174 g/mol. The Hall–Kier alpha value is -0.370. The van der Waals surface area contributed by atoms with Crippen LogP contribution < -0.4 is 0 Å². The first kappa shape index (κ1) is 13.6. The van der Waals surface area contributed by atoms with Gasteiger partial charge in [0.25, 0.3) is 0 Å². The molecule has 2 heteroatoms. The molecular formula is C12H25NO. The molecule has 0 aromatic rings. The van der Waals surface area contributed by atoms with Crippen LogP contribution in [0.25, 0.3) is 0 Å². The smallest absolute Gasteiger partial charge is 0.146 e. The lowest BCUT2D eigenvalue weighted by Crippen LogP contribution is -2.42. The largest absolute Gasteiger partial charge is 0.298 e. The third kappa shape index (κ3) is 5.38. The van der Waals surface area contributed by atoms with Crippen LogP contribution >= 0.6 is 0 Å². The number of carbonyl (C=O) groups excluding carboxylic acids is 1. The summed E-state index contributed by atoms with van der Waals surface area (Å²) in [6.07, 6.45) is 0. The average molecular weight is 199 g/mol. The van der Waals surface area contributed by atoms with Crippen LogP contribution in [0.4, 0.5) is 0 Å². The molecule has 0 aliphatic rings. The molecule has 1 atom stereocenters. The van der Waals surface area contributed by atoms with Gasteiger partial charge in [-0.25, -0.2) is 0 Å². The molecule has 0 aromatic heterocycles. The van der Waals surface area contributed by atoms with Gasteiger partial charge in [0.2, 0.25) is 0 Å². The topological polar surface area (TPSA) is 20.3 Å². The highest BCUT2D eigenvalue weighted by Gasteiger charge is 2.19. The van der Waals surface area contributed by atoms with E-state index in [-0.39, 0.29) is 11.8 Å². The highest BCUT2D eigenvalue weighted by molar-refractivity contribution is 5.80. The van der Waals surface area contributed by atoms with Crippen LogP contribution in [0.5, 0.6) is 0 Å². The summed E-state index contributed by atoms with van der Waals surface area (Å²) in [6.45, 7) is 14.5. The van der Waals surface area contributed by atoms with Crippen molar-refractivity contribution in [2.45, 2.75) is 47.6 Å². The molecule has 0 aliphatic carbocycles. The van der Waals surface area contributed by atoms with Crippen LogP contribution in [0.2, 0.25) is 0 Å². The second kappa shape index (κ2) is 6.18. The quantitative estimate of drug-likeness (QED) is 0.655. The normalized spacial score (nSPS) is 14.1. The Morgan fingerprint density at radius 3 is 1.57 bits per heavy atom. The Morgan fingerprint density at radius 1 is 1.00 bits per heavy atom. The van der Waals surface area contributed by atoms with Gasteiger partial charge in [-0.15, -0.1) is 0 Å². The highest BCUT2D eigenvalue weighted by atomic mass is 16.1. The van der Waals surface area contributed by atoms with E-state index in [1.807, 2.05) is 6.92 Å². The first-order chi connectivity index (χ1) is 6.34. The maximum Gasteiger partial charge on any atom is 0.146 e. The Bertz CT molecular complexity index is 165. The molecule has 84 valence electrons. The second-order valence-corrected chi connectivity index (χ2v) is 5.03. The zero-order valence-electron chi connectivity index (χ0n) is 10.5. The molecule has 1 unspecified atom stereocenters. The minimum atomic E-state index is 0.0693. The molecule has 14 heavy (non-hydrogen) atoms. The fraction of sp³-hybridized carbons (Fsp3) is 0.917. The van der Waals surface area contributed by atoms with Gasteiger partial charge in [0.05, 0.1) is 6.04 Å². The maximum absolute atomic E-state index is 11.3. The Morgan fingerprint density at radius 2 is 1.36 bits per heavy atom. The number of rotatable bonds is 6. The van der Waals surface area contributed by atoms with E-state index in [2.05, 4.69) is 32.6 Å². The van der Waals surface area contributed by atoms with E-state index in [1.54, 1.807) is 6.92 Å². The van der Waals surface area contributed by atoms with Gasteiger partial charge in [-0.2, -0.15) is 0 Å². The third-order valence-electron chi connectivity index (χ3n) is 2.34. The summed E-state index contributed by atoms with van der Waals surface area (Å²) in [5, 5.41) is 0. The van der Waals surface area contributed by atoms with Crippen LogP contribution in [-0.2, 0) is 4.79 Å². The van der Waals surface area contributed by atoms with E-state index in [4.69, 9.17) is 0 Å². The van der Waals surface area contributed by atoms with Gasteiger partial charge >= 0.3 is 0 Å². The number of carbonyl (C=O) groups is 1. The fourth-order valence-corrected chi connectivity index (χ4v) is 1.59. The van der Waals surface area contributed by atoms with E-state index in [1.165, 1.54) is 0 Å². The number of Topliss-reactive ketones (excluding diaryl/α,β-unsaturated/α-hetero) is 1. The average Bonchev–Trinajstić information content (AvgIpc) is 1.99. The molecule has 0 heterocycles. The van der Waals surface area contributed by atoms with Crippen LogP contribution in [0.3, 0.4) is 0 Å². The highest BCUT2D eigenvalue weighted by Crippen LogP contribution is 2.08. The molecule has 0 amide bonds.